The van der Waals surface area contributed by atoms with Gasteiger partial charge in [-0.2, -0.15) is 13.2 Å². The van der Waals surface area contributed by atoms with Crippen molar-refractivity contribution in [3.63, 3.8) is 0 Å². The molecule has 1 aromatic heterocycles. The van der Waals surface area contributed by atoms with E-state index in [2.05, 4.69) is 15.0 Å². The van der Waals surface area contributed by atoms with E-state index in [1.807, 2.05) is 0 Å². The van der Waals surface area contributed by atoms with Gasteiger partial charge in [-0.15, -0.1) is 0 Å². The number of hydrogen-bond acceptors (Lipinski definition) is 8. The van der Waals surface area contributed by atoms with Crippen LogP contribution >= 0.6 is 0 Å². The van der Waals surface area contributed by atoms with E-state index >= 15 is 0 Å². The predicted octanol–water partition coefficient (Wildman–Crippen LogP) is 0.737. The second-order valence-electron chi connectivity index (χ2n) is 6.89. The summed E-state index contributed by atoms with van der Waals surface area (Å²) in [5.41, 5.74) is 0.858. The van der Waals surface area contributed by atoms with Gasteiger partial charge in [0.25, 0.3) is 0 Å². The van der Waals surface area contributed by atoms with Crippen LogP contribution in [0.25, 0.3) is 0 Å². The summed E-state index contributed by atoms with van der Waals surface area (Å²) in [5.74, 6) is -0.628. The number of methoxy groups -OCH3 is 2. The summed E-state index contributed by atoms with van der Waals surface area (Å²) in [6.45, 7) is -0.163. The van der Waals surface area contributed by atoms with Crippen molar-refractivity contribution in [1.82, 2.24) is 15.2 Å². The zero-order valence-corrected chi connectivity index (χ0v) is 16.3. The molecule has 0 amide bonds. The molecule has 0 saturated heterocycles. The Morgan fingerprint density at radius 1 is 1.40 bits per heavy atom. The van der Waals surface area contributed by atoms with E-state index in [0.717, 1.165) is 0 Å². The molecule has 12 heteroatoms. The van der Waals surface area contributed by atoms with Crippen LogP contribution in [0.1, 0.15) is 18.0 Å². The first kappa shape index (κ1) is 22.1. The summed E-state index contributed by atoms with van der Waals surface area (Å²) in [7, 11) is 0.624. The number of halogens is 3. The first-order valence-electron chi connectivity index (χ1n) is 9.11. The summed E-state index contributed by atoms with van der Waals surface area (Å²) in [6, 6.07) is -0.457. The molecule has 3 heterocycles. The van der Waals surface area contributed by atoms with Gasteiger partial charge < -0.3 is 24.8 Å². The zero-order chi connectivity index (χ0) is 22.1. The van der Waals surface area contributed by atoms with E-state index in [9.17, 15) is 28.0 Å². The van der Waals surface area contributed by atoms with Gasteiger partial charge in [0.15, 0.2) is 0 Å². The van der Waals surface area contributed by atoms with Crippen molar-refractivity contribution < 1.29 is 37.5 Å². The number of ether oxygens (including phenoxy) is 2. The number of esters is 1. The van der Waals surface area contributed by atoms with Crippen LogP contribution in [0.2, 0.25) is 0 Å². The average molecular weight is 427 g/mol. The van der Waals surface area contributed by atoms with Gasteiger partial charge in [0.2, 0.25) is 5.88 Å². The standard InChI is InChI=1S/C18H21BF3N3O5/c1-29-15-7-10(3-5-23-15)16(18(20,21)22)25-6-4-11-12(19(27)28)8-13(17(26)30-2)24-14(11)9-25/h3,5,7-8,13,16,24,27-28H,4,6,9H2,1-2H3. The normalized spacial score (nSPS) is 20.6. The first-order valence-corrected chi connectivity index (χ1v) is 9.11. The summed E-state index contributed by atoms with van der Waals surface area (Å²) >= 11 is 0. The third kappa shape index (κ3) is 4.45. The molecule has 0 radical (unpaired) electrons. The minimum atomic E-state index is -4.59. The molecular formula is C18H21BF3N3O5. The summed E-state index contributed by atoms with van der Waals surface area (Å²) in [5, 5.41) is 22.2. The number of pyridine rings is 1. The van der Waals surface area contributed by atoms with Crippen LogP contribution < -0.4 is 10.1 Å². The highest BCUT2D eigenvalue weighted by atomic mass is 19.4. The van der Waals surface area contributed by atoms with Crippen LogP contribution in [0.5, 0.6) is 5.88 Å². The Balaban J connectivity index is 1.95. The topological polar surface area (TPSA) is 104 Å². The Morgan fingerprint density at radius 2 is 2.13 bits per heavy atom. The first-order chi connectivity index (χ1) is 14.2. The van der Waals surface area contributed by atoms with Crippen molar-refractivity contribution in [2.45, 2.75) is 24.7 Å². The Labute approximate surface area is 171 Å². The quantitative estimate of drug-likeness (QED) is 0.467. The largest absolute Gasteiger partial charge is 0.488 e. The lowest BCUT2D eigenvalue weighted by atomic mass is 9.70. The van der Waals surface area contributed by atoms with E-state index in [1.54, 1.807) is 0 Å². The van der Waals surface area contributed by atoms with Crippen molar-refractivity contribution in [3.8, 4) is 5.88 Å². The minimum absolute atomic E-state index is 0.0162. The van der Waals surface area contributed by atoms with Crippen LogP contribution in [0.3, 0.4) is 0 Å². The van der Waals surface area contributed by atoms with Crippen molar-refractivity contribution in [3.05, 3.63) is 46.7 Å². The van der Waals surface area contributed by atoms with E-state index in [-0.39, 0.29) is 36.4 Å². The molecule has 0 aliphatic carbocycles. The van der Waals surface area contributed by atoms with Crippen LogP contribution in [0.15, 0.2) is 41.1 Å². The van der Waals surface area contributed by atoms with Crippen molar-refractivity contribution in [2.24, 2.45) is 0 Å². The molecule has 2 atom stereocenters. The van der Waals surface area contributed by atoms with E-state index in [0.29, 0.717) is 11.3 Å². The highest BCUT2D eigenvalue weighted by molar-refractivity contribution is 6.52. The summed E-state index contributed by atoms with van der Waals surface area (Å²) < 4.78 is 51.7. The van der Waals surface area contributed by atoms with Crippen LogP contribution in [0.4, 0.5) is 13.2 Å². The van der Waals surface area contributed by atoms with Gasteiger partial charge in [-0.25, -0.2) is 9.78 Å². The number of dihydropyridines is 1. The van der Waals surface area contributed by atoms with Crippen LogP contribution in [-0.2, 0) is 9.53 Å². The maximum atomic E-state index is 14.0. The Hall–Kier alpha value is -2.57. The van der Waals surface area contributed by atoms with Gasteiger partial charge in [-0.1, -0.05) is 6.08 Å². The maximum absolute atomic E-state index is 14.0. The summed E-state index contributed by atoms with van der Waals surface area (Å²) in [4.78, 5) is 17.0. The number of carbonyl (C=O) groups excluding carboxylic acids is 1. The number of aromatic nitrogens is 1. The highest BCUT2D eigenvalue weighted by Gasteiger charge is 2.47. The fraction of sp³-hybridized carbons (Fsp3) is 0.444. The Kier molecular flexibility index (Phi) is 6.39. The maximum Gasteiger partial charge on any atom is 0.488 e. The van der Waals surface area contributed by atoms with E-state index in [1.165, 1.54) is 43.5 Å². The molecule has 0 aromatic carbocycles. The van der Waals surface area contributed by atoms with Gasteiger partial charge >= 0.3 is 19.3 Å². The van der Waals surface area contributed by atoms with E-state index in [4.69, 9.17) is 4.74 Å². The number of nitrogens with one attached hydrogen (secondary N) is 1. The number of nitrogens with zero attached hydrogens (tertiary/aromatic N) is 2. The third-order valence-electron chi connectivity index (χ3n) is 5.09. The molecule has 162 valence electrons. The van der Waals surface area contributed by atoms with Gasteiger partial charge in [-0.05, 0) is 29.1 Å². The number of alkyl halides is 3. The average Bonchev–Trinajstić information content (AvgIpc) is 2.71. The molecular weight excluding hydrogens is 406 g/mol. The summed E-state index contributed by atoms with van der Waals surface area (Å²) in [6.07, 6.45) is -1.89. The number of carbonyl (C=O) groups is 1. The highest BCUT2D eigenvalue weighted by Crippen LogP contribution is 2.41. The molecule has 2 unspecified atom stereocenters. The third-order valence-corrected chi connectivity index (χ3v) is 5.09. The van der Waals surface area contributed by atoms with Gasteiger partial charge in [0.05, 0.1) is 14.2 Å². The van der Waals surface area contributed by atoms with E-state index < -0.39 is 31.3 Å². The second-order valence-corrected chi connectivity index (χ2v) is 6.89. The number of hydrogen-bond donors (Lipinski definition) is 3. The van der Waals surface area contributed by atoms with Crippen molar-refractivity contribution in [1.29, 1.82) is 0 Å². The van der Waals surface area contributed by atoms with Crippen LogP contribution in [0, 0.1) is 0 Å². The molecule has 2 aliphatic heterocycles. The van der Waals surface area contributed by atoms with Crippen molar-refractivity contribution >= 4 is 13.1 Å². The predicted molar refractivity (Wildman–Crippen MR) is 100 cm³/mol. The molecule has 30 heavy (non-hydrogen) atoms. The lowest BCUT2D eigenvalue weighted by molar-refractivity contribution is -0.186. The van der Waals surface area contributed by atoms with Crippen molar-refractivity contribution in [2.75, 3.05) is 27.3 Å². The minimum Gasteiger partial charge on any atom is -0.481 e. The molecule has 0 fully saturated rings. The fourth-order valence-corrected chi connectivity index (χ4v) is 3.77. The van der Waals surface area contributed by atoms with Gasteiger partial charge in [0, 0.05) is 31.0 Å². The van der Waals surface area contributed by atoms with Gasteiger partial charge in [-0.3, -0.25) is 4.90 Å². The molecule has 0 saturated carbocycles. The lowest BCUT2D eigenvalue weighted by Crippen LogP contribution is -2.49. The number of allylic oxidation sites excluding steroid dienone is 1. The van der Waals surface area contributed by atoms with Gasteiger partial charge in [0.1, 0.15) is 12.1 Å². The molecule has 1 aromatic rings. The monoisotopic (exact) mass is 427 g/mol. The molecule has 3 rings (SSSR count). The SMILES string of the molecule is COC(=O)C1C=C(B(O)O)C2=C(CN(C(c3ccnc(OC)c3)C(F)(F)F)CC2)N1. The fourth-order valence-electron chi connectivity index (χ4n) is 3.77. The zero-order valence-electron chi connectivity index (χ0n) is 16.3. The molecule has 2 aliphatic rings. The van der Waals surface area contributed by atoms with Crippen LogP contribution in [-0.4, -0.2) is 72.5 Å². The molecule has 8 nitrogen and oxygen atoms in total. The molecule has 0 spiro atoms. The molecule has 0 bridgehead atoms. The smallest absolute Gasteiger partial charge is 0.481 e. The second kappa shape index (κ2) is 8.66. The molecule has 3 N–H and O–H groups in total. The Bertz CT molecular complexity index is 875. The lowest BCUT2D eigenvalue weighted by Gasteiger charge is -2.40. The number of rotatable bonds is 5. The Morgan fingerprint density at radius 3 is 2.73 bits per heavy atom.